The van der Waals surface area contributed by atoms with Gasteiger partial charge >= 0.3 is 6.18 Å². The summed E-state index contributed by atoms with van der Waals surface area (Å²) in [6, 6.07) is -0.600. The van der Waals surface area contributed by atoms with Crippen LogP contribution in [0.1, 0.15) is 34.1 Å². The maximum absolute atomic E-state index is 12.7. The lowest BCUT2D eigenvalue weighted by Gasteiger charge is -2.28. The van der Waals surface area contributed by atoms with Crippen molar-refractivity contribution in [2.45, 2.75) is 52.4 Å². The summed E-state index contributed by atoms with van der Waals surface area (Å²) < 4.78 is 38.1. The van der Waals surface area contributed by atoms with Crippen molar-refractivity contribution in [3.05, 3.63) is 0 Å². The minimum absolute atomic E-state index is 0.0324. The minimum Gasteiger partial charge on any atom is -0.298 e. The van der Waals surface area contributed by atoms with Crippen LogP contribution >= 0.6 is 0 Å². The zero-order chi connectivity index (χ0) is 13.4. The van der Waals surface area contributed by atoms with Crippen molar-refractivity contribution in [3.8, 4) is 0 Å². The summed E-state index contributed by atoms with van der Waals surface area (Å²) in [6.07, 6.45) is -4.28. The summed E-state index contributed by atoms with van der Waals surface area (Å²) in [5, 5.41) is 0. The number of halogens is 3. The third kappa shape index (κ3) is 3.21. The summed E-state index contributed by atoms with van der Waals surface area (Å²) in [6.45, 7) is 7.09. The van der Waals surface area contributed by atoms with E-state index in [0.29, 0.717) is 0 Å². The summed E-state index contributed by atoms with van der Waals surface area (Å²) in [7, 11) is 0. The van der Waals surface area contributed by atoms with Crippen molar-refractivity contribution in [1.29, 1.82) is 0 Å². The molecule has 0 aromatic carbocycles. The lowest BCUT2D eigenvalue weighted by atomic mass is 9.96. The smallest absolute Gasteiger partial charge is 0.298 e. The fourth-order valence-electron chi connectivity index (χ4n) is 2.33. The Bertz CT molecular complexity index is 286. The molecule has 1 saturated heterocycles. The maximum atomic E-state index is 12.7. The highest BCUT2D eigenvalue weighted by Gasteiger charge is 2.49. The number of hydrogen-bond donors (Lipinski definition) is 0. The van der Waals surface area contributed by atoms with E-state index in [1.807, 2.05) is 13.8 Å². The van der Waals surface area contributed by atoms with Crippen LogP contribution in [0.3, 0.4) is 0 Å². The molecule has 0 N–H and O–H groups in total. The first-order valence-corrected chi connectivity index (χ1v) is 6.00. The topological polar surface area (TPSA) is 20.3 Å². The van der Waals surface area contributed by atoms with Crippen LogP contribution in [0.5, 0.6) is 0 Å². The van der Waals surface area contributed by atoms with Crippen LogP contribution in [0.4, 0.5) is 13.2 Å². The molecular formula is C12H20F3NO. The molecule has 0 aromatic heterocycles. The molecule has 17 heavy (non-hydrogen) atoms. The van der Waals surface area contributed by atoms with E-state index in [0.717, 1.165) is 0 Å². The molecule has 0 bridgehead atoms. The van der Waals surface area contributed by atoms with Crippen molar-refractivity contribution in [2.24, 2.45) is 11.8 Å². The monoisotopic (exact) mass is 251 g/mol. The van der Waals surface area contributed by atoms with E-state index < -0.39 is 18.1 Å². The highest BCUT2D eigenvalue weighted by Crippen LogP contribution is 2.38. The fourth-order valence-corrected chi connectivity index (χ4v) is 2.33. The molecule has 1 aliphatic heterocycles. The van der Waals surface area contributed by atoms with Crippen LogP contribution in [0, 0.1) is 11.8 Å². The first-order valence-electron chi connectivity index (χ1n) is 6.00. The van der Waals surface area contributed by atoms with Crippen LogP contribution in [0.15, 0.2) is 0 Å². The largest absolute Gasteiger partial charge is 0.393 e. The predicted octanol–water partition coefficient (Wildman–Crippen LogP) is 2.87. The molecule has 2 atom stereocenters. The van der Waals surface area contributed by atoms with Crippen LogP contribution < -0.4 is 0 Å². The molecule has 0 unspecified atom stereocenters. The molecule has 0 radical (unpaired) electrons. The second-order valence-corrected chi connectivity index (χ2v) is 5.34. The molecule has 2 nitrogen and oxygen atoms in total. The van der Waals surface area contributed by atoms with E-state index in [-0.39, 0.29) is 30.7 Å². The third-order valence-corrected chi connectivity index (χ3v) is 3.36. The zero-order valence-corrected chi connectivity index (χ0v) is 10.7. The van der Waals surface area contributed by atoms with E-state index in [1.165, 1.54) is 0 Å². The molecule has 5 heteroatoms. The molecule has 0 spiro atoms. The average molecular weight is 251 g/mol. The van der Waals surface area contributed by atoms with Crippen molar-refractivity contribution in [1.82, 2.24) is 4.90 Å². The standard InChI is InChI=1S/C12H20F3NO/c1-7(2)11(17)10-5-9(12(13,14)15)6-16(10)8(3)4/h7-10H,5-6H2,1-4H3/t9-,10-/m0/s1. The third-order valence-electron chi connectivity index (χ3n) is 3.36. The lowest BCUT2D eigenvalue weighted by molar-refractivity contribution is -0.170. The molecule has 0 saturated carbocycles. The second kappa shape index (κ2) is 4.96. The predicted molar refractivity (Wildman–Crippen MR) is 59.6 cm³/mol. The van der Waals surface area contributed by atoms with Gasteiger partial charge in [-0.2, -0.15) is 13.2 Å². The van der Waals surface area contributed by atoms with Crippen molar-refractivity contribution in [3.63, 3.8) is 0 Å². The van der Waals surface area contributed by atoms with Gasteiger partial charge in [-0.3, -0.25) is 9.69 Å². The Kier molecular flexibility index (Phi) is 4.23. The Balaban J connectivity index is 2.85. The van der Waals surface area contributed by atoms with E-state index in [1.54, 1.807) is 18.7 Å². The molecule has 1 rings (SSSR count). The van der Waals surface area contributed by atoms with Gasteiger partial charge in [0.05, 0.1) is 12.0 Å². The number of carbonyl (C=O) groups is 1. The molecule has 0 aliphatic carbocycles. The lowest BCUT2D eigenvalue weighted by Crippen LogP contribution is -2.42. The number of rotatable bonds is 3. The zero-order valence-electron chi connectivity index (χ0n) is 10.7. The molecule has 1 heterocycles. The van der Waals surface area contributed by atoms with E-state index in [9.17, 15) is 18.0 Å². The Hall–Kier alpha value is -0.580. The quantitative estimate of drug-likeness (QED) is 0.768. The first kappa shape index (κ1) is 14.5. The van der Waals surface area contributed by atoms with Gasteiger partial charge in [0.1, 0.15) is 0 Å². The molecule has 100 valence electrons. The van der Waals surface area contributed by atoms with E-state index >= 15 is 0 Å². The average Bonchev–Trinajstić information content (AvgIpc) is 2.59. The Morgan fingerprint density at radius 3 is 2.12 bits per heavy atom. The number of ketones is 1. The molecule has 0 aromatic rings. The van der Waals surface area contributed by atoms with Gasteiger partial charge in [-0.15, -0.1) is 0 Å². The Morgan fingerprint density at radius 2 is 1.76 bits per heavy atom. The van der Waals surface area contributed by atoms with Gasteiger partial charge in [-0.05, 0) is 20.3 Å². The van der Waals surface area contributed by atoms with Gasteiger partial charge in [-0.25, -0.2) is 0 Å². The fraction of sp³-hybridized carbons (Fsp3) is 0.917. The van der Waals surface area contributed by atoms with Gasteiger partial charge in [-0.1, -0.05) is 13.8 Å². The SMILES string of the molecule is CC(C)C(=O)[C@@H]1C[C@H](C(F)(F)F)CN1C(C)C. The van der Waals surface area contributed by atoms with Gasteiger partial charge in [0.2, 0.25) is 0 Å². The van der Waals surface area contributed by atoms with Gasteiger partial charge in [0.15, 0.2) is 5.78 Å². The molecule has 1 aliphatic rings. The number of likely N-dealkylation sites (tertiary alicyclic amines) is 1. The van der Waals surface area contributed by atoms with Crippen molar-refractivity contribution >= 4 is 5.78 Å². The van der Waals surface area contributed by atoms with Crippen LogP contribution in [0.25, 0.3) is 0 Å². The molecule has 1 fully saturated rings. The van der Waals surface area contributed by atoms with Gasteiger partial charge in [0, 0.05) is 18.5 Å². The Morgan fingerprint density at radius 1 is 1.24 bits per heavy atom. The van der Waals surface area contributed by atoms with Gasteiger partial charge < -0.3 is 0 Å². The molecule has 0 amide bonds. The molecular weight excluding hydrogens is 231 g/mol. The number of alkyl halides is 3. The number of Topliss-reactive ketones (excluding diaryl/α,β-unsaturated/α-hetero) is 1. The van der Waals surface area contributed by atoms with E-state index in [4.69, 9.17) is 0 Å². The first-order chi connectivity index (χ1) is 7.64. The Labute approximate surface area is 100 Å². The highest BCUT2D eigenvalue weighted by molar-refractivity contribution is 5.86. The van der Waals surface area contributed by atoms with Crippen LogP contribution in [-0.4, -0.2) is 35.5 Å². The number of carbonyl (C=O) groups excluding carboxylic acids is 1. The number of nitrogens with zero attached hydrogens (tertiary/aromatic N) is 1. The highest BCUT2D eigenvalue weighted by atomic mass is 19.4. The maximum Gasteiger partial charge on any atom is 0.393 e. The second-order valence-electron chi connectivity index (χ2n) is 5.34. The van der Waals surface area contributed by atoms with Crippen LogP contribution in [-0.2, 0) is 4.79 Å². The van der Waals surface area contributed by atoms with E-state index in [2.05, 4.69) is 0 Å². The normalized spacial score (nSPS) is 27.1. The number of hydrogen-bond acceptors (Lipinski definition) is 2. The van der Waals surface area contributed by atoms with Crippen LogP contribution in [0.2, 0.25) is 0 Å². The van der Waals surface area contributed by atoms with Crippen molar-refractivity contribution < 1.29 is 18.0 Å². The van der Waals surface area contributed by atoms with Gasteiger partial charge in [0.25, 0.3) is 0 Å². The van der Waals surface area contributed by atoms with Crippen molar-refractivity contribution in [2.75, 3.05) is 6.54 Å². The summed E-state index contributed by atoms with van der Waals surface area (Å²) in [5.41, 5.74) is 0. The summed E-state index contributed by atoms with van der Waals surface area (Å²) in [4.78, 5) is 13.6. The summed E-state index contributed by atoms with van der Waals surface area (Å²) in [5.74, 6) is -1.66. The summed E-state index contributed by atoms with van der Waals surface area (Å²) >= 11 is 0. The minimum atomic E-state index is -4.20.